The average molecular weight is 410 g/mol. The molecule has 1 fully saturated rings. The van der Waals surface area contributed by atoms with Crippen LogP contribution < -0.4 is 10.2 Å². The Morgan fingerprint density at radius 3 is 2.81 bits per heavy atom. The summed E-state index contributed by atoms with van der Waals surface area (Å²) in [6, 6.07) is 3.67. The zero-order valence-corrected chi connectivity index (χ0v) is 18.3. The van der Waals surface area contributed by atoms with Crippen LogP contribution in [-0.4, -0.2) is 50.3 Å². The fourth-order valence-corrected chi connectivity index (χ4v) is 4.44. The number of hydrogen-bond acceptors (Lipinski definition) is 6. The molecule has 0 radical (unpaired) electrons. The van der Waals surface area contributed by atoms with Crippen molar-refractivity contribution in [3.8, 4) is 0 Å². The molecule has 27 heavy (non-hydrogen) atoms. The molecule has 7 nitrogen and oxygen atoms in total. The Hall–Kier alpha value is -1.58. The van der Waals surface area contributed by atoms with Gasteiger partial charge >= 0.3 is 6.09 Å². The number of fused-ring (bicyclic) bond motifs is 1. The van der Waals surface area contributed by atoms with Gasteiger partial charge in [-0.15, -0.1) is 11.8 Å². The number of hydrogen-bond donors (Lipinski definition) is 1. The number of pyridine rings is 1. The number of nitrogens with one attached hydrogen (secondary N) is 1. The topological polar surface area (TPSA) is 80.8 Å². The first kappa shape index (κ1) is 20.2. The lowest BCUT2D eigenvalue weighted by atomic mass is 10.2. The maximum absolute atomic E-state index is 12.3. The summed E-state index contributed by atoms with van der Waals surface area (Å²) in [5, 5.41) is 2.90. The number of nitrogens with zero attached hydrogens (tertiary/aromatic N) is 2. The smallest absolute Gasteiger partial charge is 0.415 e. The van der Waals surface area contributed by atoms with Crippen LogP contribution in [0.5, 0.6) is 0 Å². The van der Waals surface area contributed by atoms with Gasteiger partial charge in [-0.25, -0.2) is 9.78 Å². The van der Waals surface area contributed by atoms with Gasteiger partial charge in [-0.3, -0.25) is 9.69 Å². The molecule has 1 saturated heterocycles. The van der Waals surface area contributed by atoms with Gasteiger partial charge < -0.3 is 14.5 Å². The van der Waals surface area contributed by atoms with E-state index in [1.165, 1.54) is 16.7 Å². The lowest BCUT2D eigenvalue weighted by Gasteiger charge is -2.36. The molecule has 1 unspecified atom stereocenters. The van der Waals surface area contributed by atoms with Gasteiger partial charge in [0.1, 0.15) is 17.7 Å². The fourth-order valence-electron chi connectivity index (χ4n) is 2.62. The molecule has 3 heterocycles. The predicted octanol–water partition coefficient (Wildman–Crippen LogP) is 3.86. The van der Waals surface area contributed by atoms with Crippen molar-refractivity contribution in [1.29, 1.82) is 0 Å². The van der Waals surface area contributed by atoms with Gasteiger partial charge in [-0.1, -0.05) is 20.8 Å². The van der Waals surface area contributed by atoms with Crippen LogP contribution in [0.2, 0.25) is 18.1 Å². The summed E-state index contributed by atoms with van der Waals surface area (Å²) >= 11 is 1.44. The summed E-state index contributed by atoms with van der Waals surface area (Å²) in [6.07, 6.45) is 0.0327. The molecule has 9 heteroatoms. The average Bonchev–Trinajstić information content (AvgIpc) is 2.93. The van der Waals surface area contributed by atoms with Crippen molar-refractivity contribution in [1.82, 2.24) is 4.98 Å². The van der Waals surface area contributed by atoms with Crippen LogP contribution in [0.15, 0.2) is 17.0 Å². The summed E-state index contributed by atoms with van der Waals surface area (Å²) in [6.45, 7) is 12.0. The number of anilines is 2. The van der Waals surface area contributed by atoms with E-state index in [9.17, 15) is 9.59 Å². The minimum Gasteiger partial charge on any atom is -0.444 e. The van der Waals surface area contributed by atoms with E-state index in [2.05, 4.69) is 44.2 Å². The third-order valence-electron chi connectivity index (χ3n) is 5.32. The van der Waals surface area contributed by atoms with Crippen molar-refractivity contribution in [2.75, 3.05) is 29.1 Å². The number of amides is 2. The van der Waals surface area contributed by atoms with Crippen molar-refractivity contribution in [3.05, 3.63) is 12.1 Å². The first-order valence-corrected chi connectivity index (χ1v) is 13.0. The molecule has 2 aliphatic rings. The van der Waals surface area contributed by atoms with Gasteiger partial charge in [0, 0.05) is 13.0 Å². The highest BCUT2D eigenvalue weighted by atomic mass is 32.2. The number of ether oxygens (including phenoxy) is 1. The number of cyclic esters (lactones) is 1. The third-order valence-corrected chi connectivity index (χ3v) is 10.9. The summed E-state index contributed by atoms with van der Waals surface area (Å²) < 4.78 is 11.7. The van der Waals surface area contributed by atoms with E-state index in [1.54, 1.807) is 6.07 Å². The van der Waals surface area contributed by atoms with Crippen molar-refractivity contribution in [3.63, 3.8) is 0 Å². The maximum Gasteiger partial charge on any atom is 0.415 e. The van der Waals surface area contributed by atoms with Crippen molar-refractivity contribution in [2.45, 2.75) is 56.3 Å². The van der Waals surface area contributed by atoms with E-state index in [0.29, 0.717) is 37.0 Å². The minimum absolute atomic E-state index is 0.0817. The lowest BCUT2D eigenvalue weighted by molar-refractivity contribution is -0.113. The minimum atomic E-state index is -1.81. The molecule has 1 aromatic heterocycles. The maximum atomic E-state index is 12.3. The molecule has 2 amide bonds. The van der Waals surface area contributed by atoms with E-state index in [1.807, 2.05) is 6.07 Å². The Morgan fingerprint density at radius 2 is 2.11 bits per heavy atom. The molecule has 0 saturated carbocycles. The number of carbonyl (C=O) groups is 2. The normalized spacial score (nSPS) is 20.3. The van der Waals surface area contributed by atoms with Crippen LogP contribution in [0.3, 0.4) is 0 Å². The molecule has 0 spiro atoms. The Labute approximate surface area is 165 Å². The zero-order valence-electron chi connectivity index (χ0n) is 16.5. The summed E-state index contributed by atoms with van der Waals surface area (Å²) in [5.41, 5.74) is 0. The van der Waals surface area contributed by atoms with E-state index in [4.69, 9.17) is 9.16 Å². The molecule has 1 N–H and O–H groups in total. The van der Waals surface area contributed by atoms with Crippen LogP contribution >= 0.6 is 11.8 Å². The molecular weight excluding hydrogens is 382 g/mol. The van der Waals surface area contributed by atoms with Gasteiger partial charge in [0.15, 0.2) is 8.32 Å². The van der Waals surface area contributed by atoms with E-state index >= 15 is 0 Å². The van der Waals surface area contributed by atoms with Crippen molar-refractivity contribution < 1.29 is 18.8 Å². The Morgan fingerprint density at radius 1 is 1.37 bits per heavy atom. The highest BCUT2D eigenvalue weighted by molar-refractivity contribution is 8.00. The fraction of sp³-hybridized carbons (Fsp3) is 0.611. The second kappa shape index (κ2) is 7.44. The largest absolute Gasteiger partial charge is 0.444 e. The SMILES string of the molecule is CC(C)(C)[Si](C)(C)OCCC1CN(c2ccc3c(n2)NC(=O)CS3)C(=O)O1. The number of carbonyl (C=O) groups excluding carboxylic acids is 2. The van der Waals surface area contributed by atoms with Crippen molar-refractivity contribution in [2.24, 2.45) is 0 Å². The summed E-state index contributed by atoms with van der Waals surface area (Å²) in [4.78, 5) is 30.7. The van der Waals surface area contributed by atoms with E-state index in [-0.39, 0.29) is 17.0 Å². The van der Waals surface area contributed by atoms with Gasteiger partial charge in [-0.05, 0) is 30.3 Å². The van der Waals surface area contributed by atoms with Crippen LogP contribution in [0.25, 0.3) is 0 Å². The first-order valence-electron chi connectivity index (χ1n) is 9.13. The van der Waals surface area contributed by atoms with E-state index in [0.717, 1.165) is 4.90 Å². The summed E-state index contributed by atoms with van der Waals surface area (Å²) in [5.74, 6) is 1.30. The quantitative estimate of drug-likeness (QED) is 0.744. The third kappa shape index (κ3) is 4.47. The van der Waals surface area contributed by atoms with Crippen molar-refractivity contribution >= 4 is 43.7 Å². The zero-order chi connectivity index (χ0) is 19.8. The Balaban J connectivity index is 1.60. The molecule has 0 bridgehead atoms. The Kier molecular flexibility index (Phi) is 5.56. The van der Waals surface area contributed by atoms with Gasteiger partial charge in [-0.2, -0.15) is 0 Å². The predicted molar refractivity (Wildman–Crippen MR) is 109 cm³/mol. The highest BCUT2D eigenvalue weighted by Crippen LogP contribution is 2.37. The monoisotopic (exact) mass is 409 g/mol. The van der Waals surface area contributed by atoms with Crippen LogP contribution in [0.1, 0.15) is 27.2 Å². The molecule has 0 aliphatic carbocycles. The van der Waals surface area contributed by atoms with Gasteiger partial charge in [0.25, 0.3) is 0 Å². The number of rotatable bonds is 5. The van der Waals surface area contributed by atoms with Crippen LogP contribution in [0.4, 0.5) is 16.4 Å². The molecule has 1 aromatic rings. The van der Waals surface area contributed by atoms with Crippen LogP contribution in [0, 0.1) is 0 Å². The Bertz CT molecular complexity index is 751. The second-order valence-electron chi connectivity index (χ2n) is 8.37. The van der Waals surface area contributed by atoms with E-state index < -0.39 is 14.4 Å². The molecule has 2 aliphatic heterocycles. The lowest BCUT2D eigenvalue weighted by Crippen LogP contribution is -2.41. The molecule has 1 atom stereocenters. The first-order chi connectivity index (χ1) is 12.6. The van der Waals surface area contributed by atoms with Crippen LogP contribution in [-0.2, 0) is 14.0 Å². The molecule has 148 valence electrons. The molecular formula is C18H27N3O4SSi. The molecule has 3 rings (SSSR count). The standard InChI is InChI=1S/C18H27N3O4SSi/c1-18(2,3)27(4,5)24-9-8-12-10-21(17(23)25-12)14-7-6-13-16(19-14)20-15(22)11-26-13/h6-7,12H,8-11H2,1-5H3,(H,19,20,22). The number of aromatic nitrogens is 1. The van der Waals surface area contributed by atoms with Gasteiger partial charge in [0.05, 0.1) is 17.2 Å². The summed E-state index contributed by atoms with van der Waals surface area (Å²) in [7, 11) is -1.81. The highest BCUT2D eigenvalue weighted by Gasteiger charge is 2.38. The second-order valence-corrected chi connectivity index (χ2v) is 14.2. The molecule has 0 aromatic carbocycles. The number of thioether (sulfide) groups is 1. The van der Waals surface area contributed by atoms with Gasteiger partial charge in [0.2, 0.25) is 5.91 Å².